The Kier molecular flexibility index (Phi) is 1.65. The molecule has 1 unspecified atom stereocenters. The number of carbonyl (C=O) groups is 1. The second-order valence-corrected chi connectivity index (χ2v) is 3.49. The van der Waals surface area contributed by atoms with Crippen molar-refractivity contribution in [3.05, 3.63) is 0 Å². The van der Waals surface area contributed by atoms with Crippen LogP contribution in [0.4, 0.5) is 0 Å². The molecule has 0 radical (unpaired) electrons. The van der Waals surface area contributed by atoms with E-state index in [4.69, 9.17) is 10.8 Å². The molecular weight excluding hydrogens is 156 g/mol. The zero-order valence-electron chi connectivity index (χ0n) is 8.26. The molecule has 3 nitrogen and oxygen atoms in total. The first-order valence-corrected chi connectivity index (χ1v) is 4.35. The van der Waals surface area contributed by atoms with Gasteiger partial charge in [0.1, 0.15) is 5.78 Å². The summed E-state index contributed by atoms with van der Waals surface area (Å²) in [5.74, 6) is -1.65. The lowest BCUT2D eigenvalue weighted by atomic mass is 9.85. The summed E-state index contributed by atoms with van der Waals surface area (Å²) in [6.07, 6.45) is 1.39. The normalized spacial score (nSPS) is 41.8. The first-order chi connectivity index (χ1) is 6.04. The van der Waals surface area contributed by atoms with Crippen molar-refractivity contribution in [1.82, 2.24) is 0 Å². The topological polar surface area (TPSA) is 35.5 Å². The van der Waals surface area contributed by atoms with Gasteiger partial charge >= 0.3 is 0 Å². The predicted octanol–water partition coefficient (Wildman–Crippen LogP) is 1.12. The van der Waals surface area contributed by atoms with Crippen molar-refractivity contribution in [1.29, 1.82) is 0 Å². The van der Waals surface area contributed by atoms with Gasteiger partial charge in [-0.3, -0.25) is 4.79 Å². The van der Waals surface area contributed by atoms with Crippen LogP contribution in [-0.4, -0.2) is 24.8 Å². The van der Waals surface area contributed by atoms with Gasteiger partial charge in [0, 0.05) is 26.5 Å². The second kappa shape index (κ2) is 2.82. The Morgan fingerprint density at radius 2 is 2.25 bits per heavy atom. The molecule has 0 N–H and O–H groups in total. The summed E-state index contributed by atoms with van der Waals surface area (Å²) in [4.78, 5) is 11.4. The van der Waals surface area contributed by atoms with Gasteiger partial charge in [-0.15, -0.1) is 0 Å². The monoisotopic (exact) mass is 171 g/mol. The molecule has 68 valence electrons. The van der Waals surface area contributed by atoms with Crippen molar-refractivity contribution in [2.24, 2.45) is 5.89 Å². The lowest BCUT2D eigenvalue weighted by molar-refractivity contribution is -0.187. The number of ketones is 1. The number of hydrogen-bond donors (Lipinski definition) is 0. The molecule has 3 heteroatoms. The van der Waals surface area contributed by atoms with Crippen LogP contribution in [0.5, 0.6) is 0 Å². The van der Waals surface area contributed by atoms with Gasteiger partial charge in [0.25, 0.3) is 0 Å². The van der Waals surface area contributed by atoms with Crippen LogP contribution in [0.25, 0.3) is 0 Å². The molecule has 1 aliphatic heterocycles. The maximum atomic E-state index is 11.4. The van der Waals surface area contributed by atoms with E-state index in [1.807, 2.05) is 0 Å². The van der Waals surface area contributed by atoms with E-state index in [9.17, 15) is 4.79 Å². The average Bonchev–Trinajstić information content (AvgIpc) is 2.46. The first kappa shape index (κ1) is 7.04. The Morgan fingerprint density at radius 1 is 1.58 bits per heavy atom. The first-order valence-electron chi connectivity index (χ1n) is 4.85. The third-order valence-corrected chi connectivity index (χ3v) is 2.56. The molecule has 2 rings (SSSR count). The SMILES string of the molecule is [2H]C1(C)CC2(CCC1=O)OCCO2. The summed E-state index contributed by atoms with van der Waals surface area (Å²) >= 11 is 0. The third kappa shape index (κ3) is 1.27. The quantitative estimate of drug-likeness (QED) is 0.548. The maximum Gasteiger partial charge on any atom is 0.169 e. The molecule has 2 aliphatic rings. The fourth-order valence-electron chi connectivity index (χ4n) is 1.85. The molecule has 1 saturated heterocycles. The Bertz CT molecular complexity index is 231. The van der Waals surface area contributed by atoms with Crippen molar-refractivity contribution < 1.29 is 15.6 Å². The Morgan fingerprint density at radius 3 is 2.83 bits per heavy atom. The molecule has 0 bridgehead atoms. The van der Waals surface area contributed by atoms with E-state index in [0.29, 0.717) is 32.5 Å². The fraction of sp³-hybridized carbons (Fsp3) is 0.889. The van der Waals surface area contributed by atoms with Crippen LogP contribution in [0.3, 0.4) is 0 Å². The molecular formula is C9H14O3. The minimum atomic E-state index is -1.03. The van der Waals surface area contributed by atoms with Gasteiger partial charge in [-0.05, 0) is 0 Å². The molecule has 1 spiro atoms. The van der Waals surface area contributed by atoms with E-state index >= 15 is 0 Å². The number of carbonyl (C=O) groups excluding carboxylic acids is 1. The summed E-state index contributed by atoms with van der Waals surface area (Å²) in [5.41, 5.74) is 0. The summed E-state index contributed by atoms with van der Waals surface area (Å²) in [6.45, 7) is 2.82. The molecule has 1 heterocycles. The highest BCUT2D eigenvalue weighted by Gasteiger charge is 2.42. The highest BCUT2D eigenvalue weighted by molar-refractivity contribution is 5.81. The highest BCUT2D eigenvalue weighted by Crippen LogP contribution is 2.36. The number of Topliss-reactive ketones (excluding diaryl/α,β-unsaturated/α-hetero) is 1. The van der Waals surface area contributed by atoms with Gasteiger partial charge in [0.05, 0.1) is 13.2 Å². The zero-order chi connectivity index (χ0) is 9.53. The van der Waals surface area contributed by atoms with Gasteiger partial charge < -0.3 is 9.47 Å². The third-order valence-electron chi connectivity index (χ3n) is 2.56. The number of ether oxygens (including phenoxy) is 2. The van der Waals surface area contributed by atoms with Crippen molar-refractivity contribution in [2.75, 3.05) is 13.2 Å². The molecule has 0 aromatic heterocycles. The van der Waals surface area contributed by atoms with E-state index in [-0.39, 0.29) is 5.78 Å². The molecule has 0 aromatic rings. The second-order valence-electron chi connectivity index (χ2n) is 3.49. The van der Waals surface area contributed by atoms with Crippen LogP contribution in [0, 0.1) is 5.89 Å². The highest BCUT2D eigenvalue weighted by atomic mass is 16.7. The van der Waals surface area contributed by atoms with Crippen molar-refractivity contribution >= 4 is 5.78 Å². The average molecular weight is 171 g/mol. The van der Waals surface area contributed by atoms with Crippen LogP contribution < -0.4 is 0 Å². The fourth-order valence-corrected chi connectivity index (χ4v) is 1.85. The number of rotatable bonds is 0. The van der Waals surface area contributed by atoms with E-state index in [1.54, 1.807) is 6.92 Å². The van der Waals surface area contributed by atoms with Crippen LogP contribution >= 0.6 is 0 Å². The minimum Gasteiger partial charge on any atom is -0.347 e. The van der Waals surface area contributed by atoms with Crippen LogP contribution in [-0.2, 0) is 14.3 Å². The Hall–Kier alpha value is -0.410. The van der Waals surface area contributed by atoms with Crippen LogP contribution in [0.2, 0.25) is 0 Å². The van der Waals surface area contributed by atoms with E-state index in [2.05, 4.69) is 0 Å². The van der Waals surface area contributed by atoms with E-state index in [1.165, 1.54) is 0 Å². The number of hydrogen-bond acceptors (Lipinski definition) is 3. The largest absolute Gasteiger partial charge is 0.347 e. The minimum absolute atomic E-state index is 0.00257. The van der Waals surface area contributed by atoms with Crippen LogP contribution in [0.1, 0.15) is 27.6 Å². The maximum absolute atomic E-state index is 11.4. The summed E-state index contributed by atoms with van der Waals surface area (Å²) in [7, 11) is 0. The summed E-state index contributed by atoms with van der Waals surface area (Å²) < 4.78 is 18.8. The molecule has 1 saturated carbocycles. The summed E-state index contributed by atoms with van der Waals surface area (Å²) in [5, 5.41) is 0. The van der Waals surface area contributed by atoms with Gasteiger partial charge in [-0.1, -0.05) is 6.92 Å². The molecule has 0 aromatic carbocycles. The van der Waals surface area contributed by atoms with E-state index < -0.39 is 11.7 Å². The van der Waals surface area contributed by atoms with Gasteiger partial charge in [-0.25, -0.2) is 0 Å². The van der Waals surface area contributed by atoms with Crippen molar-refractivity contribution in [3.8, 4) is 0 Å². The zero-order valence-corrected chi connectivity index (χ0v) is 7.26. The lowest BCUT2D eigenvalue weighted by Crippen LogP contribution is -2.39. The van der Waals surface area contributed by atoms with Crippen LogP contribution in [0.15, 0.2) is 0 Å². The standard InChI is InChI=1S/C9H14O3/c1-7-6-9(3-2-8(7)10)11-4-5-12-9/h7H,2-6H2,1H3/i7D. The lowest BCUT2D eigenvalue weighted by Gasteiger charge is -2.33. The predicted molar refractivity (Wildman–Crippen MR) is 42.7 cm³/mol. The van der Waals surface area contributed by atoms with Crippen molar-refractivity contribution in [2.45, 2.75) is 32.0 Å². The Labute approximate surface area is 73.4 Å². The molecule has 0 amide bonds. The van der Waals surface area contributed by atoms with Gasteiger partial charge in [-0.2, -0.15) is 0 Å². The molecule has 12 heavy (non-hydrogen) atoms. The molecule has 1 aliphatic carbocycles. The van der Waals surface area contributed by atoms with Gasteiger partial charge in [0.2, 0.25) is 0 Å². The molecule has 2 fully saturated rings. The molecule has 1 atom stereocenters. The smallest absolute Gasteiger partial charge is 0.169 e. The van der Waals surface area contributed by atoms with E-state index in [0.717, 1.165) is 0 Å². The van der Waals surface area contributed by atoms with Gasteiger partial charge in [0.15, 0.2) is 5.79 Å². The summed E-state index contributed by atoms with van der Waals surface area (Å²) in [6, 6.07) is 0. The Balaban J connectivity index is 2.14. The van der Waals surface area contributed by atoms with Crippen molar-refractivity contribution in [3.63, 3.8) is 0 Å².